The normalized spacial score (nSPS) is 11.4. The summed E-state index contributed by atoms with van der Waals surface area (Å²) >= 11 is 0. The van der Waals surface area contributed by atoms with Crippen LogP contribution in [0.5, 0.6) is 0 Å². The average Bonchev–Trinajstić information content (AvgIpc) is 2.59. The highest BCUT2D eigenvalue weighted by atomic mass is 16.3. The van der Waals surface area contributed by atoms with Crippen LogP contribution in [-0.2, 0) is 6.54 Å². The van der Waals surface area contributed by atoms with E-state index >= 15 is 0 Å². The van der Waals surface area contributed by atoms with E-state index in [4.69, 9.17) is 15.3 Å². The molecule has 0 bridgehead atoms. The van der Waals surface area contributed by atoms with E-state index < -0.39 is 0 Å². The minimum absolute atomic E-state index is 0.129. The highest BCUT2D eigenvalue weighted by molar-refractivity contribution is 5.76. The number of hydrogen-bond donors (Lipinski definition) is 2. The molecule has 86 valence electrons. The fourth-order valence-electron chi connectivity index (χ4n) is 1.54. The van der Waals surface area contributed by atoms with Crippen molar-refractivity contribution in [2.45, 2.75) is 6.54 Å². The quantitative estimate of drug-likeness (QED) is 0.748. The van der Waals surface area contributed by atoms with E-state index in [-0.39, 0.29) is 6.61 Å². The van der Waals surface area contributed by atoms with Crippen LogP contribution in [0.1, 0.15) is 5.89 Å². The van der Waals surface area contributed by atoms with E-state index in [0.29, 0.717) is 24.7 Å². The summed E-state index contributed by atoms with van der Waals surface area (Å²) in [6.07, 6.45) is 0. The Morgan fingerprint density at radius 2 is 2.31 bits per heavy atom. The van der Waals surface area contributed by atoms with Gasteiger partial charge in [0.05, 0.1) is 13.2 Å². The Balaban J connectivity index is 2.19. The van der Waals surface area contributed by atoms with Gasteiger partial charge in [0.15, 0.2) is 5.58 Å². The Morgan fingerprint density at radius 1 is 1.50 bits per heavy atom. The number of anilines is 1. The molecule has 0 aliphatic heterocycles. The van der Waals surface area contributed by atoms with Crippen LogP contribution in [0, 0.1) is 0 Å². The number of oxazole rings is 1. The molecular weight excluding hydrogens is 206 g/mol. The number of rotatable bonds is 4. The largest absolute Gasteiger partial charge is 0.439 e. The van der Waals surface area contributed by atoms with Gasteiger partial charge in [0.2, 0.25) is 5.89 Å². The Bertz CT molecular complexity index is 481. The lowest BCUT2D eigenvalue weighted by molar-refractivity contribution is 0.207. The van der Waals surface area contributed by atoms with Gasteiger partial charge in [0.25, 0.3) is 0 Å². The zero-order chi connectivity index (χ0) is 11.5. The molecule has 0 amide bonds. The van der Waals surface area contributed by atoms with Crippen LogP contribution in [0.2, 0.25) is 0 Å². The molecule has 0 fully saturated rings. The number of aromatic nitrogens is 1. The molecule has 0 atom stereocenters. The molecule has 16 heavy (non-hydrogen) atoms. The molecule has 0 saturated heterocycles. The highest BCUT2D eigenvalue weighted by Gasteiger charge is 2.08. The third kappa shape index (κ3) is 2.32. The first-order valence-corrected chi connectivity index (χ1v) is 5.13. The molecule has 0 saturated carbocycles. The van der Waals surface area contributed by atoms with Crippen molar-refractivity contribution < 1.29 is 9.52 Å². The van der Waals surface area contributed by atoms with Gasteiger partial charge in [-0.25, -0.2) is 4.98 Å². The average molecular weight is 221 g/mol. The summed E-state index contributed by atoms with van der Waals surface area (Å²) in [5.74, 6) is 0.636. The maximum Gasteiger partial charge on any atom is 0.209 e. The second kappa shape index (κ2) is 4.51. The number of benzene rings is 1. The maximum atomic E-state index is 8.78. The van der Waals surface area contributed by atoms with Gasteiger partial charge in [0.1, 0.15) is 5.52 Å². The topological polar surface area (TPSA) is 75.5 Å². The van der Waals surface area contributed by atoms with E-state index in [1.54, 1.807) is 12.1 Å². The summed E-state index contributed by atoms with van der Waals surface area (Å²) < 4.78 is 5.55. The van der Waals surface area contributed by atoms with Crippen LogP contribution in [0.25, 0.3) is 11.1 Å². The number of aliphatic hydroxyl groups is 1. The molecule has 0 unspecified atom stereocenters. The summed E-state index contributed by atoms with van der Waals surface area (Å²) in [4.78, 5) is 6.26. The molecule has 0 radical (unpaired) electrons. The number of hydrogen-bond acceptors (Lipinski definition) is 5. The Morgan fingerprint density at radius 3 is 3.06 bits per heavy atom. The summed E-state index contributed by atoms with van der Waals surface area (Å²) in [6, 6.07) is 5.39. The van der Waals surface area contributed by atoms with Gasteiger partial charge in [-0.2, -0.15) is 0 Å². The van der Waals surface area contributed by atoms with Crippen molar-refractivity contribution in [3.05, 3.63) is 24.1 Å². The smallest absolute Gasteiger partial charge is 0.209 e. The molecule has 5 nitrogen and oxygen atoms in total. The first-order valence-electron chi connectivity index (χ1n) is 5.13. The molecule has 2 aromatic rings. The van der Waals surface area contributed by atoms with Crippen LogP contribution in [0.4, 0.5) is 5.69 Å². The fraction of sp³-hybridized carbons (Fsp3) is 0.364. The molecule has 2 rings (SSSR count). The molecule has 1 aromatic carbocycles. The summed E-state index contributed by atoms with van der Waals surface area (Å²) in [7, 11) is 1.90. The van der Waals surface area contributed by atoms with Crippen molar-refractivity contribution in [2.24, 2.45) is 0 Å². The molecule has 0 aliphatic carbocycles. The maximum absolute atomic E-state index is 8.78. The SMILES string of the molecule is CN(CCO)Cc1nc2cc(N)ccc2o1. The first kappa shape index (κ1) is 10.9. The van der Waals surface area contributed by atoms with E-state index in [1.807, 2.05) is 18.0 Å². The van der Waals surface area contributed by atoms with Gasteiger partial charge < -0.3 is 15.3 Å². The molecule has 5 heteroatoms. The van der Waals surface area contributed by atoms with Gasteiger partial charge in [-0.3, -0.25) is 4.90 Å². The van der Waals surface area contributed by atoms with Crippen LogP contribution in [0.15, 0.2) is 22.6 Å². The minimum atomic E-state index is 0.129. The van der Waals surface area contributed by atoms with E-state index in [2.05, 4.69) is 4.98 Å². The molecule has 0 spiro atoms. The third-order valence-electron chi connectivity index (χ3n) is 2.34. The Kier molecular flexibility index (Phi) is 3.07. The Hall–Kier alpha value is -1.59. The number of nitrogens with zero attached hydrogens (tertiary/aromatic N) is 2. The second-order valence-electron chi connectivity index (χ2n) is 3.80. The zero-order valence-corrected chi connectivity index (χ0v) is 9.18. The van der Waals surface area contributed by atoms with Gasteiger partial charge in [-0.15, -0.1) is 0 Å². The summed E-state index contributed by atoms with van der Waals surface area (Å²) in [5, 5.41) is 8.78. The van der Waals surface area contributed by atoms with Crippen molar-refractivity contribution >= 4 is 16.8 Å². The first-order chi connectivity index (χ1) is 7.69. The van der Waals surface area contributed by atoms with E-state index in [1.165, 1.54) is 0 Å². The number of fused-ring (bicyclic) bond motifs is 1. The lowest BCUT2D eigenvalue weighted by atomic mass is 10.3. The fourth-order valence-corrected chi connectivity index (χ4v) is 1.54. The number of likely N-dealkylation sites (N-methyl/N-ethyl adjacent to an activating group) is 1. The van der Waals surface area contributed by atoms with Crippen molar-refractivity contribution in [2.75, 3.05) is 25.9 Å². The van der Waals surface area contributed by atoms with Crippen LogP contribution >= 0.6 is 0 Å². The molecule has 0 aliphatic rings. The predicted molar refractivity (Wildman–Crippen MR) is 61.8 cm³/mol. The van der Waals surface area contributed by atoms with E-state index in [9.17, 15) is 0 Å². The summed E-state index contributed by atoms with van der Waals surface area (Å²) in [6.45, 7) is 1.31. The molecule has 1 heterocycles. The Labute approximate surface area is 93.5 Å². The van der Waals surface area contributed by atoms with Gasteiger partial charge >= 0.3 is 0 Å². The third-order valence-corrected chi connectivity index (χ3v) is 2.34. The second-order valence-corrected chi connectivity index (χ2v) is 3.80. The zero-order valence-electron chi connectivity index (χ0n) is 9.18. The molecule has 3 N–H and O–H groups in total. The highest BCUT2D eigenvalue weighted by Crippen LogP contribution is 2.18. The van der Waals surface area contributed by atoms with Crippen LogP contribution < -0.4 is 5.73 Å². The van der Waals surface area contributed by atoms with Crippen molar-refractivity contribution in [3.63, 3.8) is 0 Å². The van der Waals surface area contributed by atoms with Crippen LogP contribution in [-0.4, -0.2) is 35.2 Å². The van der Waals surface area contributed by atoms with Crippen molar-refractivity contribution in [3.8, 4) is 0 Å². The van der Waals surface area contributed by atoms with Gasteiger partial charge in [-0.1, -0.05) is 0 Å². The minimum Gasteiger partial charge on any atom is -0.439 e. The van der Waals surface area contributed by atoms with Crippen LogP contribution in [0.3, 0.4) is 0 Å². The molecular formula is C11H15N3O2. The number of aliphatic hydroxyl groups excluding tert-OH is 1. The number of nitrogens with two attached hydrogens (primary N) is 1. The summed E-state index contributed by atoms with van der Waals surface area (Å²) in [5.41, 5.74) is 7.84. The van der Waals surface area contributed by atoms with Crippen molar-refractivity contribution in [1.82, 2.24) is 9.88 Å². The monoisotopic (exact) mass is 221 g/mol. The van der Waals surface area contributed by atoms with Gasteiger partial charge in [-0.05, 0) is 25.2 Å². The van der Waals surface area contributed by atoms with E-state index in [0.717, 1.165) is 11.1 Å². The standard InChI is InChI=1S/C11H15N3O2/c1-14(4-5-15)7-11-13-9-6-8(12)2-3-10(9)16-11/h2-3,6,15H,4-5,7,12H2,1H3. The predicted octanol–water partition coefficient (Wildman–Crippen LogP) is 0.834. The lowest BCUT2D eigenvalue weighted by Crippen LogP contribution is -2.21. The number of nitrogen functional groups attached to an aromatic ring is 1. The molecule has 1 aromatic heterocycles. The van der Waals surface area contributed by atoms with Crippen molar-refractivity contribution in [1.29, 1.82) is 0 Å². The van der Waals surface area contributed by atoms with Gasteiger partial charge in [0, 0.05) is 12.2 Å². The lowest BCUT2D eigenvalue weighted by Gasteiger charge is -2.11.